The first-order valence-electron chi connectivity index (χ1n) is 8.66. The summed E-state index contributed by atoms with van der Waals surface area (Å²) in [6, 6.07) is 12.1. The lowest BCUT2D eigenvalue weighted by Crippen LogP contribution is -2.14. The Morgan fingerprint density at radius 1 is 1.03 bits per heavy atom. The quantitative estimate of drug-likeness (QED) is 0.447. The molecule has 5 nitrogen and oxygen atoms in total. The van der Waals surface area contributed by atoms with Crippen LogP contribution in [0.2, 0.25) is 0 Å². The molecule has 0 aliphatic heterocycles. The Balaban J connectivity index is 1.60. The molecule has 1 N–H and O–H groups in total. The zero-order valence-corrected chi connectivity index (χ0v) is 17.1. The Morgan fingerprint density at radius 3 is 2.40 bits per heavy atom. The van der Waals surface area contributed by atoms with Gasteiger partial charge in [-0.3, -0.25) is 4.72 Å². The minimum absolute atomic E-state index is 0.253. The molecule has 0 bridgehead atoms. The predicted octanol–water partition coefficient (Wildman–Crippen LogP) is 5.49. The van der Waals surface area contributed by atoms with Crippen LogP contribution in [0.3, 0.4) is 0 Å². The standard InChI is InChI=1S/C20H14F3N3O2S2/c1-12-11-13(18-25-17-3-2-10-24-19(17)29-18)4-9-16(12)26-30(27,28)15-7-5-14(6-8-15)20(21,22)23/h2-11,26H,1H3. The summed E-state index contributed by atoms with van der Waals surface area (Å²) in [5, 5.41) is 0.754. The SMILES string of the molecule is Cc1cc(-c2nc3cccnc3s2)ccc1NS(=O)(=O)c1ccc(C(F)(F)F)cc1. The number of thiazole rings is 1. The Kier molecular flexibility index (Phi) is 4.99. The van der Waals surface area contributed by atoms with Crippen LogP contribution in [0.5, 0.6) is 0 Å². The second-order valence-electron chi connectivity index (χ2n) is 6.50. The van der Waals surface area contributed by atoms with Crippen LogP contribution in [0.4, 0.5) is 18.9 Å². The van der Waals surface area contributed by atoms with Crippen LogP contribution in [0.15, 0.2) is 65.7 Å². The van der Waals surface area contributed by atoms with Crippen molar-refractivity contribution in [3.63, 3.8) is 0 Å². The summed E-state index contributed by atoms with van der Waals surface area (Å²) in [6.45, 7) is 1.74. The molecule has 4 aromatic rings. The van der Waals surface area contributed by atoms with Crippen molar-refractivity contribution in [3.05, 3.63) is 71.9 Å². The van der Waals surface area contributed by atoms with Crippen LogP contribution in [-0.4, -0.2) is 18.4 Å². The third kappa shape index (κ3) is 4.01. The fourth-order valence-corrected chi connectivity index (χ4v) is 4.87. The number of pyridine rings is 1. The van der Waals surface area contributed by atoms with Crippen molar-refractivity contribution in [3.8, 4) is 10.6 Å². The van der Waals surface area contributed by atoms with Crippen LogP contribution >= 0.6 is 11.3 Å². The fourth-order valence-electron chi connectivity index (χ4n) is 2.83. The molecule has 0 unspecified atom stereocenters. The van der Waals surface area contributed by atoms with Gasteiger partial charge in [-0.2, -0.15) is 13.2 Å². The number of nitrogens with zero attached hydrogens (tertiary/aromatic N) is 2. The van der Waals surface area contributed by atoms with Crippen molar-refractivity contribution in [1.82, 2.24) is 9.97 Å². The summed E-state index contributed by atoms with van der Waals surface area (Å²) in [6.07, 6.45) is -2.84. The van der Waals surface area contributed by atoms with Crippen molar-refractivity contribution in [2.24, 2.45) is 0 Å². The van der Waals surface area contributed by atoms with Crippen molar-refractivity contribution in [1.29, 1.82) is 0 Å². The minimum Gasteiger partial charge on any atom is -0.279 e. The Bertz CT molecular complexity index is 1300. The van der Waals surface area contributed by atoms with E-state index in [1.165, 1.54) is 11.3 Å². The summed E-state index contributed by atoms with van der Waals surface area (Å²) in [5.41, 5.74) is 1.66. The van der Waals surface area contributed by atoms with E-state index in [0.717, 1.165) is 45.2 Å². The number of hydrogen-bond donors (Lipinski definition) is 1. The number of alkyl halides is 3. The Morgan fingerprint density at radius 2 is 1.77 bits per heavy atom. The number of hydrogen-bond acceptors (Lipinski definition) is 5. The topological polar surface area (TPSA) is 72.0 Å². The highest BCUT2D eigenvalue weighted by Crippen LogP contribution is 2.32. The van der Waals surface area contributed by atoms with Gasteiger partial charge in [-0.05, 0) is 67.1 Å². The van der Waals surface area contributed by atoms with E-state index in [1.807, 2.05) is 6.07 Å². The number of fused-ring (bicyclic) bond motifs is 1. The number of rotatable bonds is 4. The van der Waals surface area contributed by atoms with E-state index in [2.05, 4.69) is 14.7 Å². The highest BCUT2D eigenvalue weighted by atomic mass is 32.2. The Hall–Kier alpha value is -2.98. The van der Waals surface area contributed by atoms with E-state index < -0.39 is 21.8 Å². The second-order valence-corrected chi connectivity index (χ2v) is 9.16. The number of anilines is 1. The molecular weight excluding hydrogens is 435 g/mol. The molecule has 10 heteroatoms. The van der Waals surface area contributed by atoms with Gasteiger partial charge >= 0.3 is 6.18 Å². The highest BCUT2D eigenvalue weighted by molar-refractivity contribution is 7.92. The highest BCUT2D eigenvalue weighted by Gasteiger charge is 2.30. The first-order chi connectivity index (χ1) is 14.1. The molecule has 0 spiro atoms. The van der Waals surface area contributed by atoms with E-state index in [9.17, 15) is 21.6 Å². The average Bonchev–Trinajstić information content (AvgIpc) is 3.13. The average molecular weight is 449 g/mol. The molecule has 0 fully saturated rings. The molecule has 0 aliphatic carbocycles. The van der Waals surface area contributed by atoms with Gasteiger partial charge < -0.3 is 0 Å². The van der Waals surface area contributed by atoms with Gasteiger partial charge in [0, 0.05) is 11.8 Å². The van der Waals surface area contributed by atoms with E-state index in [4.69, 9.17) is 0 Å². The van der Waals surface area contributed by atoms with Gasteiger partial charge in [0.1, 0.15) is 15.4 Å². The maximum absolute atomic E-state index is 12.7. The van der Waals surface area contributed by atoms with Crippen molar-refractivity contribution in [2.45, 2.75) is 18.0 Å². The Labute approximate surface area is 174 Å². The molecule has 30 heavy (non-hydrogen) atoms. The van der Waals surface area contributed by atoms with Gasteiger partial charge in [-0.1, -0.05) is 11.3 Å². The summed E-state index contributed by atoms with van der Waals surface area (Å²) in [5.74, 6) is 0. The number of nitrogens with one attached hydrogen (secondary N) is 1. The number of aromatic nitrogens is 2. The molecule has 0 saturated carbocycles. The second kappa shape index (κ2) is 7.37. The van der Waals surface area contributed by atoms with Crippen LogP contribution in [0, 0.1) is 6.92 Å². The minimum atomic E-state index is -4.53. The molecule has 2 heterocycles. The summed E-state index contributed by atoms with van der Waals surface area (Å²) < 4.78 is 65.6. The van der Waals surface area contributed by atoms with E-state index in [-0.39, 0.29) is 4.90 Å². The monoisotopic (exact) mass is 449 g/mol. The van der Waals surface area contributed by atoms with Gasteiger partial charge in [0.15, 0.2) is 0 Å². The van der Waals surface area contributed by atoms with Gasteiger partial charge in [-0.15, -0.1) is 0 Å². The van der Waals surface area contributed by atoms with Crippen molar-refractivity contribution < 1.29 is 21.6 Å². The smallest absolute Gasteiger partial charge is 0.279 e. The van der Waals surface area contributed by atoms with Gasteiger partial charge in [0.05, 0.1) is 16.1 Å². The third-order valence-corrected chi connectivity index (χ3v) is 6.79. The molecule has 0 atom stereocenters. The van der Waals surface area contributed by atoms with E-state index >= 15 is 0 Å². The molecule has 2 aromatic carbocycles. The van der Waals surface area contributed by atoms with Crippen molar-refractivity contribution >= 4 is 37.4 Å². The van der Waals surface area contributed by atoms with Gasteiger partial charge in [0.2, 0.25) is 0 Å². The summed E-state index contributed by atoms with van der Waals surface area (Å²) >= 11 is 1.43. The molecule has 0 amide bonds. The molecule has 0 radical (unpaired) electrons. The van der Waals surface area contributed by atoms with Crippen LogP contribution < -0.4 is 4.72 Å². The lowest BCUT2D eigenvalue weighted by molar-refractivity contribution is -0.137. The number of aryl methyl sites for hydroxylation is 1. The van der Waals surface area contributed by atoms with Crippen LogP contribution in [-0.2, 0) is 16.2 Å². The number of benzene rings is 2. The number of halogens is 3. The first kappa shape index (κ1) is 20.3. The normalized spacial score (nSPS) is 12.3. The summed E-state index contributed by atoms with van der Waals surface area (Å²) in [7, 11) is -4.04. The van der Waals surface area contributed by atoms with Crippen LogP contribution in [0.25, 0.3) is 20.9 Å². The predicted molar refractivity (Wildman–Crippen MR) is 110 cm³/mol. The largest absolute Gasteiger partial charge is 0.416 e. The van der Waals surface area contributed by atoms with Gasteiger partial charge in [0.25, 0.3) is 10.0 Å². The fraction of sp³-hybridized carbons (Fsp3) is 0.100. The van der Waals surface area contributed by atoms with Crippen molar-refractivity contribution in [2.75, 3.05) is 4.72 Å². The molecule has 154 valence electrons. The van der Waals surface area contributed by atoms with Gasteiger partial charge in [-0.25, -0.2) is 18.4 Å². The maximum Gasteiger partial charge on any atom is 0.416 e. The molecular formula is C20H14F3N3O2S2. The zero-order valence-electron chi connectivity index (χ0n) is 15.4. The third-order valence-electron chi connectivity index (χ3n) is 4.38. The zero-order chi connectivity index (χ0) is 21.5. The van der Waals surface area contributed by atoms with E-state index in [0.29, 0.717) is 11.3 Å². The lowest BCUT2D eigenvalue weighted by atomic mass is 10.1. The first-order valence-corrected chi connectivity index (χ1v) is 11.0. The maximum atomic E-state index is 12.7. The van der Waals surface area contributed by atoms with E-state index in [1.54, 1.807) is 37.4 Å². The van der Waals surface area contributed by atoms with Crippen LogP contribution in [0.1, 0.15) is 11.1 Å². The summed E-state index contributed by atoms with van der Waals surface area (Å²) in [4.78, 5) is 9.34. The molecule has 0 saturated heterocycles. The molecule has 0 aliphatic rings. The molecule has 4 rings (SSSR count). The molecule has 2 aromatic heterocycles. The lowest BCUT2D eigenvalue weighted by Gasteiger charge is -2.12. The number of sulfonamides is 1.